The molecule has 8 heteroatoms. The molecule has 7 nitrogen and oxygen atoms in total. The minimum Gasteiger partial charge on any atom is -0.465 e. The van der Waals surface area contributed by atoms with Gasteiger partial charge >= 0.3 is 6.09 Å². The third-order valence-electron chi connectivity index (χ3n) is 5.75. The lowest BCUT2D eigenvalue weighted by Gasteiger charge is -2.24. The summed E-state index contributed by atoms with van der Waals surface area (Å²) in [7, 11) is -1.20. The zero-order chi connectivity index (χ0) is 20.8. The first-order valence-corrected chi connectivity index (χ1v) is 13.8. The monoisotopic (exact) mass is 413 g/mol. The second-order valence-electron chi connectivity index (χ2n) is 8.95. The SMILES string of the molecule is C[Si](C)(C)CCOCn1c2c(c3c1-c1ccncc1CC3)C(=O)N(C(=O)O)CC2. The van der Waals surface area contributed by atoms with E-state index in [0.29, 0.717) is 31.7 Å². The summed E-state index contributed by atoms with van der Waals surface area (Å²) < 4.78 is 8.15. The molecule has 2 aromatic heterocycles. The standard InChI is InChI=1S/C21H27N3O4Si/c1-29(2,3)11-10-28-13-24-17-7-9-23(21(26)27)20(25)18(17)16-5-4-14-12-22-8-6-15(14)19(16)24/h6,8,12H,4-5,7,9-11,13H2,1-3H3,(H,26,27). The molecular weight excluding hydrogens is 386 g/mol. The van der Waals surface area contributed by atoms with Gasteiger partial charge in [0.1, 0.15) is 6.73 Å². The maximum absolute atomic E-state index is 13.0. The molecular formula is C21H27N3O4Si. The molecule has 0 fully saturated rings. The van der Waals surface area contributed by atoms with Crippen LogP contribution in [0.3, 0.4) is 0 Å². The van der Waals surface area contributed by atoms with Crippen molar-refractivity contribution in [3.63, 3.8) is 0 Å². The fourth-order valence-electron chi connectivity index (χ4n) is 4.22. The van der Waals surface area contributed by atoms with Gasteiger partial charge in [-0.25, -0.2) is 9.69 Å². The normalized spacial score (nSPS) is 15.7. The Labute approximate surface area is 171 Å². The van der Waals surface area contributed by atoms with Gasteiger partial charge in [-0.3, -0.25) is 9.78 Å². The minimum atomic E-state index is -1.20. The average molecular weight is 414 g/mol. The highest BCUT2D eigenvalue weighted by Crippen LogP contribution is 2.40. The van der Waals surface area contributed by atoms with Gasteiger partial charge in [-0.2, -0.15) is 0 Å². The van der Waals surface area contributed by atoms with Crippen LogP contribution in [0.25, 0.3) is 11.3 Å². The molecule has 2 aromatic rings. The van der Waals surface area contributed by atoms with E-state index in [4.69, 9.17) is 4.74 Å². The van der Waals surface area contributed by atoms with Crippen LogP contribution in [0, 0.1) is 0 Å². The van der Waals surface area contributed by atoms with Crippen LogP contribution < -0.4 is 0 Å². The zero-order valence-corrected chi connectivity index (χ0v) is 18.2. The lowest BCUT2D eigenvalue weighted by molar-refractivity contribution is 0.0706. The number of nitrogens with zero attached hydrogens (tertiary/aromatic N) is 3. The number of ether oxygens (including phenoxy) is 1. The summed E-state index contributed by atoms with van der Waals surface area (Å²) in [5, 5.41) is 9.42. The molecule has 1 N–H and O–H groups in total. The molecule has 0 unspecified atom stereocenters. The summed E-state index contributed by atoms with van der Waals surface area (Å²) in [6.45, 7) is 8.21. The molecule has 1 aliphatic carbocycles. The van der Waals surface area contributed by atoms with E-state index in [1.165, 1.54) is 0 Å². The van der Waals surface area contributed by atoms with Crippen molar-refractivity contribution >= 4 is 20.1 Å². The summed E-state index contributed by atoms with van der Waals surface area (Å²) in [4.78, 5) is 29.7. The molecule has 154 valence electrons. The Bertz CT molecular complexity index is 977. The van der Waals surface area contributed by atoms with Crippen molar-refractivity contribution in [1.29, 1.82) is 0 Å². The summed E-state index contributed by atoms with van der Waals surface area (Å²) in [5.41, 5.74) is 5.62. The smallest absolute Gasteiger partial charge is 0.414 e. The van der Waals surface area contributed by atoms with Gasteiger partial charge in [0, 0.05) is 51.3 Å². The van der Waals surface area contributed by atoms with Crippen molar-refractivity contribution in [1.82, 2.24) is 14.5 Å². The number of hydrogen-bond donors (Lipinski definition) is 1. The second kappa shape index (κ2) is 7.42. The van der Waals surface area contributed by atoms with E-state index in [1.54, 1.807) is 6.20 Å². The van der Waals surface area contributed by atoms with Gasteiger partial charge < -0.3 is 14.4 Å². The number of hydrogen-bond acceptors (Lipinski definition) is 4. The fourth-order valence-corrected chi connectivity index (χ4v) is 4.98. The van der Waals surface area contributed by atoms with Crippen molar-refractivity contribution in [3.05, 3.63) is 40.8 Å². The predicted molar refractivity (Wildman–Crippen MR) is 112 cm³/mol. The highest BCUT2D eigenvalue weighted by molar-refractivity contribution is 6.76. The quantitative estimate of drug-likeness (QED) is 0.598. The van der Waals surface area contributed by atoms with E-state index in [1.807, 2.05) is 12.3 Å². The number of pyridine rings is 1. The van der Waals surface area contributed by atoms with Crippen molar-refractivity contribution in [2.45, 2.75) is 51.7 Å². The first-order valence-electron chi connectivity index (χ1n) is 10.1. The summed E-state index contributed by atoms with van der Waals surface area (Å²) in [6.07, 6.45) is 4.47. The van der Waals surface area contributed by atoms with Crippen molar-refractivity contribution in [2.24, 2.45) is 0 Å². The Morgan fingerprint density at radius 3 is 2.79 bits per heavy atom. The molecule has 0 saturated heterocycles. The van der Waals surface area contributed by atoms with Gasteiger partial charge in [0.05, 0.1) is 11.3 Å². The third-order valence-corrected chi connectivity index (χ3v) is 7.46. The number of amides is 2. The fraction of sp³-hybridized carbons (Fsp3) is 0.476. The van der Waals surface area contributed by atoms with E-state index >= 15 is 0 Å². The topological polar surface area (TPSA) is 84.7 Å². The van der Waals surface area contributed by atoms with Gasteiger partial charge in [-0.15, -0.1) is 0 Å². The number of rotatable bonds is 5. The molecule has 0 radical (unpaired) electrons. The molecule has 0 aromatic carbocycles. The van der Waals surface area contributed by atoms with Crippen LogP contribution >= 0.6 is 0 Å². The van der Waals surface area contributed by atoms with Gasteiger partial charge in [-0.05, 0) is 36.1 Å². The van der Waals surface area contributed by atoms with E-state index in [2.05, 4.69) is 29.2 Å². The molecule has 4 rings (SSSR count). The van der Waals surface area contributed by atoms with Crippen LogP contribution in [-0.2, 0) is 30.7 Å². The largest absolute Gasteiger partial charge is 0.465 e. The maximum atomic E-state index is 13.0. The Morgan fingerprint density at radius 2 is 2.07 bits per heavy atom. The molecule has 2 aliphatic rings. The highest BCUT2D eigenvalue weighted by Gasteiger charge is 2.38. The molecule has 0 spiro atoms. The van der Waals surface area contributed by atoms with E-state index in [0.717, 1.165) is 45.4 Å². The summed E-state index contributed by atoms with van der Waals surface area (Å²) in [5.74, 6) is -0.409. The van der Waals surface area contributed by atoms with E-state index in [-0.39, 0.29) is 6.54 Å². The lowest BCUT2D eigenvalue weighted by Crippen LogP contribution is -2.41. The van der Waals surface area contributed by atoms with Crippen molar-refractivity contribution in [2.75, 3.05) is 13.2 Å². The Hall–Kier alpha value is -2.45. The van der Waals surface area contributed by atoms with Gasteiger partial charge in [0.25, 0.3) is 5.91 Å². The van der Waals surface area contributed by atoms with Crippen LogP contribution in [-0.4, -0.2) is 52.8 Å². The third kappa shape index (κ3) is 3.62. The Morgan fingerprint density at radius 1 is 1.28 bits per heavy atom. The molecule has 3 heterocycles. The number of aromatic nitrogens is 2. The predicted octanol–water partition coefficient (Wildman–Crippen LogP) is 3.64. The molecule has 0 bridgehead atoms. The maximum Gasteiger partial charge on any atom is 0.414 e. The Balaban J connectivity index is 1.76. The summed E-state index contributed by atoms with van der Waals surface area (Å²) in [6, 6.07) is 3.06. The Kier molecular flexibility index (Phi) is 5.08. The summed E-state index contributed by atoms with van der Waals surface area (Å²) >= 11 is 0. The second-order valence-corrected chi connectivity index (χ2v) is 14.6. The van der Waals surface area contributed by atoms with Crippen LogP contribution in [0.4, 0.5) is 4.79 Å². The number of carbonyl (C=O) groups excluding carboxylic acids is 1. The van der Waals surface area contributed by atoms with Gasteiger partial charge in [-0.1, -0.05) is 19.6 Å². The van der Waals surface area contributed by atoms with Crippen LogP contribution in [0.1, 0.15) is 27.2 Å². The van der Waals surface area contributed by atoms with Crippen LogP contribution in [0.5, 0.6) is 0 Å². The molecule has 1 aliphatic heterocycles. The van der Waals surface area contributed by atoms with E-state index < -0.39 is 20.1 Å². The first kappa shape index (κ1) is 19.8. The highest BCUT2D eigenvalue weighted by atomic mass is 28.3. The van der Waals surface area contributed by atoms with E-state index in [9.17, 15) is 14.7 Å². The van der Waals surface area contributed by atoms with Crippen LogP contribution in [0.15, 0.2) is 18.5 Å². The number of carboxylic acid groups (broad SMARTS) is 1. The molecule has 29 heavy (non-hydrogen) atoms. The molecule has 0 saturated carbocycles. The van der Waals surface area contributed by atoms with Gasteiger partial charge in [0.15, 0.2) is 0 Å². The lowest BCUT2D eigenvalue weighted by atomic mass is 9.88. The van der Waals surface area contributed by atoms with Crippen molar-refractivity contribution < 1.29 is 19.4 Å². The number of aryl methyl sites for hydroxylation is 1. The van der Waals surface area contributed by atoms with Crippen LogP contribution in [0.2, 0.25) is 25.7 Å². The van der Waals surface area contributed by atoms with Crippen molar-refractivity contribution in [3.8, 4) is 11.3 Å². The zero-order valence-electron chi connectivity index (χ0n) is 17.2. The van der Waals surface area contributed by atoms with Gasteiger partial charge in [0.2, 0.25) is 0 Å². The molecule has 0 atom stereocenters. The number of carbonyl (C=O) groups is 2. The first-order chi connectivity index (χ1) is 13.8. The average Bonchev–Trinajstić information content (AvgIpc) is 2.99. The number of imide groups is 1. The molecule has 2 amide bonds. The minimum absolute atomic E-state index is 0.183. The number of fused-ring (bicyclic) bond motifs is 5.